The van der Waals surface area contributed by atoms with Crippen molar-refractivity contribution in [3.8, 4) is 0 Å². The van der Waals surface area contributed by atoms with Crippen molar-refractivity contribution in [1.82, 2.24) is 9.88 Å². The van der Waals surface area contributed by atoms with E-state index in [-0.39, 0.29) is 5.91 Å². The third-order valence-corrected chi connectivity index (χ3v) is 5.15. The predicted molar refractivity (Wildman–Crippen MR) is 107 cm³/mol. The van der Waals surface area contributed by atoms with Gasteiger partial charge in [-0.05, 0) is 42.9 Å². The van der Waals surface area contributed by atoms with Gasteiger partial charge < -0.3 is 10.2 Å². The van der Waals surface area contributed by atoms with Crippen LogP contribution in [-0.4, -0.2) is 28.9 Å². The Bertz CT molecular complexity index is 727. The Morgan fingerprint density at radius 3 is 2.31 bits per heavy atom. The molecule has 0 spiro atoms. The van der Waals surface area contributed by atoms with Crippen LogP contribution >= 0.6 is 0 Å². The maximum Gasteiger partial charge on any atom is 0.255 e. The minimum Gasteiger partial charge on any atom is -0.354 e. The topological polar surface area (TPSA) is 45.2 Å². The van der Waals surface area contributed by atoms with Crippen molar-refractivity contribution in [2.24, 2.45) is 0 Å². The molecule has 1 aliphatic heterocycles. The predicted octanol–water partition coefficient (Wildman–Crippen LogP) is 4.97. The van der Waals surface area contributed by atoms with Crippen molar-refractivity contribution >= 4 is 17.3 Å². The molecule has 0 radical (unpaired) electrons. The number of aromatic nitrogens is 1. The van der Waals surface area contributed by atoms with E-state index >= 15 is 0 Å². The number of nitrogens with zero attached hydrogens (tertiary/aromatic N) is 2. The van der Waals surface area contributed by atoms with Crippen molar-refractivity contribution in [2.45, 2.75) is 52.4 Å². The number of benzene rings is 1. The lowest BCUT2D eigenvalue weighted by atomic mass is 10.0. The van der Waals surface area contributed by atoms with E-state index in [9.17, 15) is 4.79 Å². The van der Waals surface area contributed by atoms with Crippen molar-refractivity contribution in [1.29, 1.82) is 0 Å². The highest BCUT2D eigenvalue weighted by atomic mass is 16.2. The van der Waals surface area contributed by atoms with Crippen LogP contribution in [-0.2, 0) is 12.8 Å². The van der Waals surface area contributed by atoms with Crippen LogP contribution in [0.5, 0.6) is 0 Å². The van der Waals surface area contributed by atoms with Crippen molar-refractivity contribution in [3.05, 3.63) is 53.3 Å². The molecule has 0 atom stereocenters. The fraction of sp³-hybridized carbons (Fsp3) is 0.455. The second-order valence-electron chi connectivity index (χ2n) is 6.95. The van der Waals surface area contributed by atoms with E-state index in [4.69, 9.17) is 0 Å². The number of aryl methyl sites for hydroxylation is 2. The van der Waals surface area contributed by atoms with E-state index in [0.29, 0.717) is 5.56 Å². The van der Waals surface area contributed by atoms with E-state index in [1.807, 2.05) is 11.0 Å². The standard InChI is InChI=1S/C22H29N3O/c1-3-17-10-9-11-18(4-2)21(17)24-20-14-19(15-23-16-20)22(26)25-12-7-5-6-8-13-25/h9-11,14-16,24H,3-8,12-13H2,1-2H3. The molecule has 2 aromatic rings. The summed E-state index contributed by atoms with van der Waals surface area (Å²) in [5.74, 6) is 0.0996. The third kappa shape index (κ3) is 4.24. The number of hydrogen-bond donors (Lipinski definition) is 1. The maximum atomic E-state index is 12.9. The largest absolute Gasteiger partial charge is 0.354 e. The van der Waals surface area contributed by atoms with Crippen LogP contribution in [0.1, 0.15) is 61.0 Å². The number of nitrogens with one attached hydrogen (secondary N) is 1. The maximum absolute atomic E-state index is 12.9. The molecule has 4 nitrogen and oxygen atoms in total. The average Bonchev–Trinajstić information content (AvgIpc) is 2.97. The highest BCUT2D eigenvalue weighted by Crippen LogP contribution is 2.27. The molecule has 1 aliphatic rings. The minimum absolute atomic E-state index is 0.0996. The van der Waals surface area contributed by atoms with Crippen LogP contribution < -0.4 is 5.32 Å². The Morgan fingerprint density at radius 1 is 1.04 bits per heavy atom. The molecule has 1 fully saturated rings. The van der Waals surface area contributed by atoms with Crippen LogP contribution in [0.2, 0.25) is 0 Å². The summed E-state index contributed by atoms with van der Waals surface area (Å²) >= 11 is 0. The molecular formula is C22H29N3O. The number of carbonyl (C=O) groups is 1. The monoisotopic (exact) mass is 351 g/mol. The minimum atomic E-state index is 0.0996. The summed E-state index contributed by atoms with van der Waals surface area (Å²) in [6.45, 7) is 6.04. The van der Waals surface area contributed by atoms with Gasteiger partial charge in [-0.1, -0.05) is 44.9 Å². The first-order valence-electron chi connectivity index (χ1n) is 9.85. The number of hydrogen-bond acceptors (Lipinski definition) is 3. The zero-order chi connectivity index (χ0) is 18.4. The molecule has 3 rings (SSSR count). The van der Waals surface area contributed by atoms with Crippen molar-refractivity contribution in [3.63, 3.8) is 0 Å². The zero-order valence-electron chi connectivity index (χ0n) is 15.9. The van der Waals surface area contributed by atoms with Crippen LogP contribution in [0.15, 0.2) is 36.7 Å². The number of anilines is 2. The van der Waals surface area contributed by atoms with E-state index in [0.717, 1.165) is 50.1 Å². The average molecular weight is 351 g/mol. The second-order valence-corrected chi connectivity index (χ2v) is 6.95. The molecule has 0 aliphatic carbocycles. The highest BCUT2D eigenvalue weighted by Gasteiger charge is 2.18. The molecule has 1 aromatic carbocycles. The first-order chi connectivity index (χ1) is 12.7. The molecule has 0 unspecified atom stereocenters. The Hall–Kier alpha value is -2.36. The summed E-state index contributed by atoms with van der Waals surface area (Å²) in [6.07, 6.45) is 10.1. The van der Waals surface area contributed by atoms with Crippen molar-refractivity contribution in [2.75, 3.05) is 18.4 Å². The molecule has 1 N–H and O–H groups in total. The quantitative estimate of drug-likeness (QED) is 0.827. The first kappa shape index (κ1) is 18.4. The van der Waals surface area contributed by atoms with Gasteiger partial charge in [0.25, 0.3) is 5.91 Å². The van der Waals surface area contributed by atoms with Gasteiger partial charge in [-0.2, -0.15) is 0 Å². The molecule has 0 saturated carbocycles. The zero-order valence-corrected chi connectivity index (χ0v) is 15.9. The molecule has 138 valence electrons. The molecular weight excluding hydrogens is 322 g/mol. The first-order valence-corrected chi connectivity index (χ1v) is 9.85. The third-order valence-electron chi connectivity index (χ3n) is 5.15. The van der Waals surface area contributed by atoms with Gasteiger partial charge in [0.2, 0.25) is 0 Å². The van der Waals surface area contributed by atoms with Gasteiger partial charge in [0.05, 0.1) is 17.4 Å². The molecule has 0 bridgehead atoms. The van der Waals surface area contributed by atoms with Crippen LogP contribution in [0.4, 0.5) is 11.4 Å². The van der Waals surface area contributed by atoms with Gasteiger partial charge in [0, 0.05) is 25.0 Å². The van der Waals surface area contributed by atoms with Gasteiger partial charge in [0.1, 0.15) is 0 Å². The van der Waals surface area contributed by atoms with E-state index in [1.54, 1.807) is 12.4 Å². The number of likely N-dealkylation sites (tertiary alicyclic amines) is 1. The molecule has 2 heterocycles. The summed E-state index contributed by atoms with van der Waals surface area (Å²) < 4.78 is 0. The summed E-state index contributed by atoms with van der Waals surface area (Å²) in [5.41, 5.74) is 5.27. The normalized spacial score (nSPS) is 14.8. The Morgan fingerprint density at radius 2 is 1.69 bits per heavy atom. The van der Waals surface area contributed by atoms with Gasteiger partial charge in [-0.3, -0.25) is 9.78 Å². The molecule has 4 heteroatoms. The lowest BCUT2D eigenvalue weighted by Gasteiger charge is -2.21. The van der Waals surface area contributed by atoms with Crippen molar-refractivity contribution < 1.29 is 4.79 Å². The lowest BCUT2D eigenvalue weighted by Crippen LogP contribution is -2.31. The fourth-order valence-corrected chi connectivity index (χ4v) is 3.63. The lowest BCUT2D eigenvalue weighted by molar-refractivity contribution is 0.0761. The van der Waals surface area contributed by atoms with E-state index in [2.05, 4.69) is 42.3 Å². The van der Waals surface area contributed by atoms with Gasteiger partial charge in [-0.25, -0.2) is 0 Å². The molecule has 26 heavy (non-hydrogen) atoms. The number of carbonyl (C=O) groups excluding carboxylic acids is 1. The molecule has 1 aromatic heterocycles. The SMILES string of the molecule is CCc1cccc(CC)c1Nc1cncc(C(=O)N2CCCCCC2)c1. The van der Waals surface area contributed by atoms with Crippen LogP contribution in [0.3, 0.4) is 0 Å². The van der Waals surface area contributed by atoms with Gasteiger partial charge in [-0.15, -0.1) is 0 Å². The van der Waals surface area contributed by atoms with Crippen LogP contribution in [0, 0.1) is 0 Å². The number of amides is 1. The molecule has 1 amide bonds. The number of pyridine rings is 1. The smallest absolute Gasteiger partial charge is 0.255 e. The van der Waals surface area contributed by atoms with Gasteiger partial charge >= 0.3 is 0 Å². The Balaban J connectivity index is 1.83. The Kier molecular flexibility index (Phi) is 6.26. The second kappa shape index (κ2) is 8.84. The Labute approximate surface area is 156 Å². The fourth-order valence-electron chi connectivity index (χ4n) is 3.63. The summed E-state index contributed by atoms with van der Waals surface area (Å²) in [6, 6.07) is 8.36. The van der Waals surface area contributed by atoms with E-state index < -0.39 is 0 Å². The number of para-hydroxylation sites is 1. The summed E-state index contributed by atoms with van der Waals surface area (Å²) in [5, 5.41) is 3.52. The highest BCUT2D eigenvalue weighted by molar-refractivity contribution is 5.95. The molecule has 1 saturated heterocycles. The van der Waals surface area contributed by atoms with E-state index in [1.165, 1.54) is 24.0 Å². The van der Waals surface area contributed by atoms with Crippen LogP contribution in [0.25, 0.3) is 0 Å². The number of rotatable bonds is 5. The summed E-state index contributed by atoms with van der Waals surface area (Å²) in [7, 11) is 0. The summed E-state index contributed by atoms with van der Waals surface area (Å²) in [4.78, 5) is 19.2. The van der Waals surface area contributed by atoms with Gasteiger partial charge in [0.15, 0.2) is 0 Å².